The Morgan fingerprint density at radius 2 is 2.10 bits per heavy atom. The topological polar surface area (TPSA) is 91.5 Å². The highest BCUT2D eigenvalue weighted by Crippen LogP contribution is 2.37. The van der Waals surface area contributed by atoms with Crippen molar-refractivity contribution in [3.63, 3.8) is 0 Å². The zero-order valence-electron chi connectivity index (χ0n) is 10.4. The van der Waals surface area contributed by atoms with Crippen molar-refractivity contribution in [3.05, 3.63) is 5.89 Å². The molecule has 2 heterocycles. The van der Waals surface area contributed by atoms with Crippen LogP contribution in [0.3, 0.4) is 0 Å². The average molecular weight is 344 g/mol. The summed E-state index contributed by atoms with van der Waals surface area (Å²) in [5.41, 5.74) is 0. The number of nitrogens with zero attached hydrogens (tertiary/aromatic N) is 3. The van der Waals surface area contributed by atoms with Gasteiger partial charge in [0.05, 0.1) is 0 Å². The Bertz CT molecular complexity index is 469. The number of halogens is 3. The summed E-state index contributed by atoms with van der Waals surface area (Å²) in [4.78, 5) is 16.4. The number of carbonyl (C=O) groups is 1. The van der Waals surface area contributed by atoms with Crippen LogP contribution in [-0.2, 0) is 3.79 Å². The van der Waals surface area contributed by atoms with Gasteiger partial charge in [-0.2, -0.15) is 4.98 Å². The van der Waals surface area contributed by atoms with E-state index in [1.165, 1.54) is 0 Å². The Balaban J connectivity index is 1.87. The lowest BCUT2D eigenvalue weighted by Crippen LogP contribution is -2.38. The number of hydrogen-bond acceptors (Lipinski definition) is 5. The predicted molar refractivity (Wildman–Crippen MR) is 74.5 cm³/mol. The van der Waals surface area contributed by atoms with Crippen molar-refractivity contribution in [2.24, 2.45) is 5.92 Å². The molecule has 0 bridgehead atoms. The number of alkyl halides is 3. The summed E-state index contributed by atoms with van der Waals surface area (Å²) >= 11 is 17.0. The molecular weight excluding hydrogens is 330 g/mol. The van der Waals surface area contributed by atoms with Gasteiger partial charge in [0.15, 0.2) is 0 Å². The first-order chi connectivity index (χ1) is 9.36. The number of rotatable bonds is 3. The third-order valence-corrected chi connectivity index (χ3v) is 3.58. The normalized spacial score (nSPS) is 17.2. The van der Waals surface area contributed by atoms with Crippen molar-refractivity contribution in [2.45, 2.75) is 16.6 Å². The number of carboxylic acid groups (broad SMARTS) is 1. The molecule has 1 aromatic rings. The Labute approximate surface area is 130 Å². The lowest BCUT2D eigenvalue weighted by Gasteiger charge is -2.30. The fourth-order valence-corrected chi connectivity index (χ4v) is 2.26. The maximum absolute atomic E-state index is 10.4. The van der Waals surface area contributed by atoms with Crippen LogP contribution in [0.25, 0.3) is 0 Å². The van der Waals surface area contributed by atoms with Crippen LogP contribution >= 0.6 is 34.8 Å². The van der Waals surface area contributed by atoms with Crippen molar-refractivity contribution in [1.82, 2.24) is 15.5 Å². The number of nitrogens with one attached hydrogen (secondary N) is 1. The van der Waals surface area contributed by atoms with Gasteiger partial charge in [0.1, 0.15) is 0 Å². The molecule has 0 spiro atoms. The minimum absolute atomic E-state index is 0.0628. The monoisotopic (exact) mass is 342 g/mol. The molecule has 1 saturated heterocycles. The highest BCUT2D eigenvalue weighted by molar-refractivity contribution is 6.66. The summed E-state index contributed by atoms with van der Waals surface area (Å²) in [7, 11) is 0. The second-order valence-corrected chi connectivity index (χ2v) is 6.79. The predicted octanol–water partition coefficient (Wildman–Crippen LogP) is 2.38. The first-order valence-corrected chi connectivity index (χ1v) is 7.12. The first kappa shape index (κ1) is 15.5. The van der Waals surface area contributed by atoms with E-state index in [9.17, 15) is 4.79 Å². The smallest absolute Gasteiger partial charge is 0.404 e. The Kier molecular flexibility index (Phi) is 4.82. The standard InChI is InChI=1S/C10H13Cl3N4O3/c11-10(12,13)7-15-8(16-20-7)17-3-1-6(2-4-17)5-14-9(18)19/h6,14H,1-5H2,(H,18,19). The molecule has 2 rings (SSSR count). The molecule has 1 amide bonds. The van der Waals surface area contributed by atoms with Gasteiger partial charge in [-0.1, -0.05) is 34.8 Å². The summed E-state index contributed by atoms with van der Waals surface area (Å²) in [6.07, 6.45) is 0.661. The van der Waals surface area contributed by atoms with Crippen LogP contribution in [-0.4, -0.2) is 41.0 Å². The molecule has 7 nitrogen and oxygen atoms in total. The second kappa shape index (κ2) is 6.24. The molecule has 0 aliphatic carbocycles. The zero-order valence-corrected chi connectivity index (χ0v) is 12.6. The first-order valence-electron chi connectivity index (χ1n) is 5.99. The fraction of sp³-hybridized carbons (Fsp3) is 0.700. The molecule has 20 heavy (non-hydrogen) atoms. The summed E-state index contributed by atoms with van der Waals surface area (Å²) in [5, 5.41) is 14.7. The molecule has 0 saturated carbocycles. The van der Waals surface area contributed by atoms with Gasteiger partial charge in [0.25, 0.3) is 15.6 Å². The highest BCUT2D eigenvalue weighted by Gasteiger charge is 2.32. The van der Waals surface area contributed by atoms with Crippen LogP contribution in [0.5, 0.6) is 0 Å². The fourth-order valence-electron chi connectivity index (χ4n) is 2.03. The van der Waals surface area contributed by atoms with E-state index >= 15 is 0 Å². The number of aromatic nitrogens is 2. The van der Waals surface area contributed by atoms with E-state index in [4.69, 9.17) is 44.4 Å². The van der Waals surface area contributed by atoms with Gasteiger partial charge in [0.2, 0.25) is 0 Å². The molecule has 1 aliphatic rings. The second-order valence-electron chi connectivity index (χ2n) is 4.51. The van der Waals surface area contributed by atoms with E-state index in [1.54, 1.807) is 0 Å². The lowest BCUT2D eigenvalue weighted by atomic mass is 9.97. The highest BCUT2D eigenvalue weighted by atomic mass is 35.6. The number of anilines is 1. The van der Waals surface area contributed by atoms with Crippen LogP contribution in [0.15, 0.2) is 4.52 Å². The molecule has 1 aromatic heterocycles. The molecule has 0 radical (unpaired) electrons. The summed E-state index contributed by atoms with van der Waals surface area (Å²) in [6, 6.07) is 0. The Morgan fingerprint density at radius 1 is 1.45 bits per heavy atom. The maximum Gasteiger partial charge on any atom is 0.404 e. The average Bonchev–Trinajstić information content (AvgIpc) is 2.86. The van der Waals surface area contributed by atoms with Gasteiger partial charge in [-0.15, -0.1) is 0 Å². The molecule has 1 fully saturated rings. The largest absolute Gasteiger partial charge is 0.465 e. The number of amides is 1. The lowest BCUT2D eigenvalue weighted by molar-refractivity contribution is 0.191. The quantitative estimate of drug-likeness (QED) is 0.819. The van der Waals surface area contributed by atoms with Crippen LogP contribution in [0.2, 0.25) is 0 Å². The van der Waals surface area contributed by atoms with Crippen LogP contribution < -0.4 is 10.2 Å². The maximum atomic E-state index is 10.4. The molecule has 0 aromatic carbocycles. The zero-order chi connectivity index (χ0) is 14.8. The summed E-state index contributed by atoms with van der Waals surface area (Å²) < 4.78 is 3.17. The molecule has 112 valence electrons. The van der Waals surface area contributed by atoms with Crippen molar-refractivity contribution < 1.29 is 14.4 Å². The van der Waals surface area contributed by atoms with E-state index in [-0.39, 0.29) is 5.89 Å². The van der Waals surface area contributed by atoms with Gasteiger partial charge < -0.3 is 19.8 Å². The van der Waals surface area contributed by atoms with Crippen LogP contribution in [0.1, 0.15) is 18.7 Å². The van der Waals surface area contributed by atoms with E-state index < -0.39 is 9.89 Å². The van der Waals surface area contributed by atoms with Gasteiger partial charge in [-0.3, -0.25) is 0 Å². The van der Waals surface area contributed by atoms with Crippen molar-refractivity contribution in [3.8, 4) is 0 Å². The third-order valence-electron chi connectivity index (χ3n) is 3.10. The number of hydrogen-bond donors (Lipinski definition) is 2. The summed E-state index contributed by atoms with van der Waals surface area (Å²) in [6.45, 7) is 1.85. The molecule has 10 heteroatoms. The minimum Gasteiger partial charge on any atom is -0.465 e. The van der Waals surface area contributed by atoms with Crippen molar-refractivity contribution >= 4 is 46.8 Å². The van der Waals surface area contributed by atoms with Gasteiger partial charge >= 0.3 is 6.09 Å². The van der Waals surface area contributed by atoms with Gasteiger partial charge in [-0.05, 0) is 23.9 Å². The SMILES string of the molecule is O=C(O)NCC1CCN(c2noc(C(Cl)(Cl)Cl)n2)CC1. The molecule has 0 unspecified atom stereocenters. The molecule has 0 atom stereocenters. The number of piperidine rings is 1. The van der Waals surface area contributed by atoms with Crippen molar-refractivity contribution in [2.75, 3.05) is 24.5 Å². The van der Waals surface area contributed by atoms with Crippen LogP contribution in [0.4, 0.5) is 10.7 Å². The van der Waals surface area contributed by atoms with E-state index in [2.05, 4.69) is 15.5 Å². The Hall–Kier alpha value is -0.920. The van der Waals surface area contributed by atoms with E-state index in [0.29, 0.717) is 31.5 Å². The molecular formula is C10H13Cl3N4O3. The molecule has 1 aliphatic heterocycles. The van der Waals surface area contributed by atoms with E-state index in [0.717, 1.165) is 12.8 Å². The van der Waals surface area contributed by atoms with E-state index in [1.807, 2.05) is 4.90 Å². The molecule has 2 N–H and O–H groups in total. The van der Waals surface area contributed by atoms with Gasteiger partial charge in [-0.25, -0.2) is 4.79 Å². The van der Waals surface area contributed by atoms with Crippen molar-refractivity contribution in [1.29, 1.82) is 0 Å². The Morgan fingerprint density at radius 3 is 2.60 bits per heavy atom. The van der Waals surface area contributed by atoms with Crippen LogP contribution in [0, 0.1) is 5.92 Å². The minimum atomic E-state index is -1.73. The van der Waals surface area contributed by atoms with Gasteiger partial charge in [0, 0.05) is 19.6 Å². The summed E-state index contributed by atoms with van der Waals surface area (Å²) in [5.74, 6) is 0.630. The third kappa shape index (κ3) is 4.04.